The van der Waals surface area contributed by atoms with E-state index in [1.165, 1.54) is 0 Å². The molecule has 142 valence electrons. The van der Waals surface area contributed by atoms with Crippen molar-refractivity contribution in [1.82, 2.24) is 9.88 Å². The van der Waals surface area contributed by atoms with Gasteiger partial charge in [0.2, 0.25) is 0 Å². The molecule has 0 spiro atoms. The Bertz CT molecular complexity index is 794. The van der Waals surface area contributed by atoms with Gasteiger partial charge in [0.15, 0.2) is 0 Å². The van der Waals surface area contributed by atoms with Gasteiger partial charge in [0.1, 0.15) is 5.60 Å². The van der Waals surface area contributed by atoms with Crippen molar-refractivity contribution < 1.29 is 14.3 Å². The van der Waals surface area contributed by atoms with Gasteiger partial charge >= 0.3 is 6.09 Å². The van der Waals surface area contributed by atoms with E-state index in [0.29, 0.717) is 6.54 Å². The van der Waals surface area contributed by atoms with Gasteiger partial charge in [-0.05, 0) is 44.9 Å². The molecule has 0 saturated carbocycles. The van der Waals surface area contributed by atoms with Crippen LogP contribution in [-0.2, 0) is 9.47 Å². The van der Waals surface area contributed by atoms with E-state index in [2.05, 4.69) is 37.0 Å². The fourth-order valence-electron chi connectivity index (χ4n) is 3.63. The van der Waals surface area contributed by atoms with Crippen molar-refractivity contribution in [2.45, 2.75) is 58.8 Å². The number of aromatic nitrogens is 1. The largest absolute Gasteiger partial charge is 0.444 e. The zero-order valence-electron chi connectivity index (χ0n) is 16.4. The molecular weight excluding hydrogens is 348 g/mol. The summed E-state index contributed by atoms with van der Waals surface area (Å²) in [7, 11) is 1.75. The molecule has 1 fully saturated rings. The smallest absolute Gasteiger partial charge is 0.410 e. The van der Waals surface area contributed by atoms with E-state index in [-0.39, 0.29) is 23.7 Å². The lowest BCUT2D eigenvalue weighted by Crippen LogP contribution is -2.53. The van der Waals surface area contributed by atoms with E-state index in [4.69, 9.17) is 9.47 Å². The van der Waals surface area contributed by atoms with Gasteiger partial charge in [0, 0.05) is 19.1 Å². The van der Waals surface area contributed by atoms with Crippen molar-refractivity contribution in [3.8, 4) is 0 Å². The number of benzene rings is 1. The summed E-state index contributed by atoms with van der Waals surface area (Å²) < 4.78 is 12.6. The van der Waals surface area contributed by atoms with E-state index in [1.807, 2.05) is 31.2 Å². The minimum Gasteiger partial charge on any atom is -0.444 e. The Morgan fingerprint density at radius 2 is 2.08 bits per heavy atom. The first-order valence-electron chi connectivity index (χ1n) is 8.96. The number of likely N-dealkylation sites (tertiary alicyclic amines) is 1. The molecule has 0 radical (unpaired) electrons. The molecule has 26 heavy (non-hydrogen) atoms. The molecular formula is C20H28N2O3S. The number of ether oxygens (including phenoxy) is 2. The Kier molecular flexibility index (Phi) is 5.01. The second-order valence-electron chi connectivity index (χ2n) is 8.65. The standard InChI is InChI=1S/C20H28N2O3S/c1-19(2,3)25-18(23)22-11-20(4,5)17(24-6)10-15(22)13-7-8-16-14(9-13)21-12-26-16/h7-9,12,15,17H,10-11H2,1-6H3/t15-,17?/m0/s1. The third-order valence-electron chi connectivity index (χ3n) is 4.91. The number of nitrogens with zero attached hydrogens (tertiary/aromatic N) is 2. The summed E-state index contributed by atoms with van der Waals surface area (Å²) in [5.41, 5.74) is 3.22. The summed E-state index contributed by atoms with van der Waals surface area (Å²) in [6, 6.07) is 6.16. The van der Waals surface area contributed by atoms with Crippen LogP contribution in [0.1, 0.15) is 52.6 Å². The van der Waals surface area contributed by atoms with Gasteiger partial charge in [0.25, 0.3) is 0 Å². The molecule has 2 heterocycles. The summed E-state index contributed by atoms with van der Waals surface area (Å²) in [5.74, 6) is 0. The zero-order chi connectivity index (χ0) is 19.1. The summed E-state index contributed by atoms with van der Waals surface area (Å²) in [6.45, 7) is 10.5. The molecule has 2 aromatic rings. The highest BCUT2D eigenvalue weighted by atomic mass is 32.1. The first-order chi connectivity index (χ1) is 12.1. The zero-order valence-corrected chi connectivity index (χ0v) is 17.2. The summed E-state index contributed by atoms with van der Waals surface area (Å²) in [6.07, 6.45) is 0.527. The molecule has 1 aliphatic heterocycles. The Balaban J connectivity index is 1.97. The molecule has 0 N–H and O–H groups in total. The van der Waals surface area contributed by atoms with Crippen molar-refractivity contribution in [3.05, 3.63) is 29.3 Å². The van der Waals surface area contributed by atoms with Crippen molar-refractivity contribution in [1.29, 1.82) is 0 Å². The molecule has 5 nitrogen and oxygen atoms in total. The molecule has 3 rings (SSSR count). The minimum atomic E-state index is -0.525. The van der Waals surface area contributed by atoms with Crippen molar-refractivity contribution in [2.75, 3.05) is 13.7 Å². The van der Waals surface area contributed by atoms with Gasteiger partial charge < -0.3 is 14.4 Å². The number of piperidine rings is 1. The van der Waals surface area contributed by atoms with Gasteiger partial charge in [-0.25, -0.2) is 9.78 Å². The second-order valence-corrected chi connectivity index (χ2v) is 9.54. The van der Waals surface area contributed by atoms with Crippen LogP contribution in [0.3, 0.4) is 0 Å². The SMILES string of the molecule is COC1C[C@@H](c2ccc3scnc3c2)N(C(=O)OC(C)(C)C)CC1(C)C. The van der Waals surface area contributed by atoms with E-state index < -0.39 is 5.60 Å². The van der Waals surface area contributed by atoms with Gasteiger partial charge in [-0.1, -0.05) is 19.9 Å². The lowest BCUT2D eigenvalue weighted by atomic mass is 9.77. The topological polar surface area (TPSA) is 51.7 Å². The van der Waals surface area contributed by atoms with E-state index in [9.17, 15) is 4.79 Å². The van der Waals surface area contributed by atoms with Crippen LogP contribution in [0.2, 0.25) is 0 Å². The Morgan fingerprint density at radius 3 is 2.73 bits per heavy atom. The molecule has 1 unspecified atom stereocenters. The van der Waals surface area contributed by atoms with Crippen LogP contribution in [0.15, 0.2) is 23.7 Å². The van der Waals surface area contributed by atoms with Crippen LogP contribution >= 0.6 is 11.3 Å². The van der Waals surface area contributed by atoms with Crippen molar-refractivity contribution in [2.24, 2.45) is 5.41 Å². The number of fused-ring (bicyclic) bond motifs is 1. The number of hydrogen-bond acceptors (Lipinski definition) is 5. The van der Waals surface area contributed by atoms with E-state index in [1.54, 1.807) is 18.4 Å². The third kappa shape index (κ3) is 3.86. The predicted octanol–water partition coefficient (Wildman–Crippen LogP) is 5.02. The number of carbonyl (C=O) groups excluding carboxylic acids is 1. The molecule has 1 saturated heterocycles. The molecule has 2 atom stereocenters. The molecule has 0 bridgehead atoms. The van der Waals surface area contributed by atoms with Gasteiger partial charge in [-0.3, -0.25) is 0 Å². The van der Waals surface area contributed by atoms with Crippen LogP contribution in [0, 0.1) is 5.41 Å². The molecule has 0 aliphatic carbocycles. The Morgan fingerprint density at radius 1 is 1.35 bits per heavy atom. The monoisotopic (exact) mass is 376 g/mol. The van der Waals surface area contributed by atoms with Crippen molar-refractivity contribution >= 4 is 27.6 Å². The Labute approximate surface area is 159 Å². The second kappa shape index (κ2) is 6.82. The predicted molar refractivity (Wildman–Crippen MR) is 104 cm³/mol. The maximum absolute atomic E-state index is 12.9. The summed E-state index contributed by atoms with van der Waals surface area (Å²) >= 11 is 1.62. The van der Waals surface area contributed by atoms with Crippen LogP contribution < -0.4 is 0 Å². The first-order valence-corrected chi connectivity index (χ1v) is 9.84. The van der Waals surface area contributed by atoms with E-state index in [0.717, 1.165) is 22.2 Å². The number of hydrogen-bond donors (Lipinski definition) is 0. The third-order valence-corrected chi connectivity index (χ3v) is 5.72. The highest BCUT2D eigenvalue weighted by Gasteiger charge is 2.44. The highest BCUT2D eigenvalue weighted by Crippen LogP contribution is 2.42. The quantitative estimate of drug-likeness (QED) is 0.738. The highest BCUT2D eigenvalue weighted by molar-refractivity contribution is 7.16. The maximum Gasteiger partial charge on any atom is 0.410 e. The molecule has 1 aliphatic rings. The summed E-state index contributed by atoms with van der Waals surface area (Å²) in [5, 5.41) is 0. The molecule has 1 amide bonds. The van der Waals surface area contributed by atoms with Gasteiger partial charge in [0.05, 0.1) is 27.9 Å². The average molecular weight is 377 g/mol. The molecule has 1 aromatic heterocycles. The lowest BCUT2D eigenvalue weighted by Gasteiger charge is -2.48. The van der Waals surface area contributed by atoms with Crippen LogP contribution in [0.5, 0.6) is 0 Å². The average Bonchev–Trinajstić information content (AvgIpc) is 2.99. The van der Waals surface area contributed by atoms with Gasteiger partial charge in [-0.15, -0.1) is 11.3 Å². The molecule has 1 aromatic carbocycles. The lowest BCUT2D eigenvalue weighted by molar-refractivity contribution is -0.0787. The fraction of sp³-hybridized carbons (Fsp3) is 0.600. The minimum absolute atomic E-state index is 0.0670. The van der Waals surface area contributed by atoms with Crippen LogP contribution in [0.4, 0.5) is 4.79 Å². The van der Waals surface area contributed by atoms with Crippen molar-refractivity contribution in [3.63, 3.8) is 0 Å². The maximum atomic E-state index is 12.9. The number of amides is 1. The molecule has 6 heteroatoms. The van der Waals surface area contributed by atoms with Gasteiger partial charge in [-0.2, -0.15) is 0 Å². The fourth-order valence-corrected chi connectivity index (χ4v) is 4.28. The number of thiazole rings is 1. The number of rotatable bonds is 2. The van der Waals surface area contributed by atoms with Crippen LogP contribution in [0.25, 0.3) is 10.2 Å². The number of carbonyl (C=O) groups is 1. The Hall–Kier alpha value is -1.66. The summed E-state index contributed by atoms with van der Waals surface area (Å²) in [4.78, 5) is 19.2. The first kappa shape index (κ1) is 19.1. The normalized spacial score (nSPS) is 23.2. The van der Waals surface area contributed by atoms with Crippen LogP contribution in [-0.4, -0.2) is 41.3 Å². The van der Waals surface area contributed by atoms with E-state index >= 15 is 0 Å². The number of methoxy groups -OCH3 is 1.